The molecule has 1 N–H and O–H groups in total. The van der Waals surface area contributed by atoms with Crippen molar-refractivity contribution in [3.05, 3.63) is 24.3 Å². The van der Waals surface area contributed by atoms with Crippen LogP contribution in [0.4, 0.5) is 4.79 Å². The minimum absolute atomic E-state index is 0.105. The predicted octanol–water partition coefficient (Wildman–Crippen LogP) is 1.12. The van der Waals surface area contributed by atoms with E-state index in [1.54, 1.807) is 17.0 Å². The number of benzene rings is 1. The van der Waals surface area contributed by atoms with Gasteiger partial charge < -0.3 is 15.0 Å². The molecule has 24 heavy (non-hydrogen) atoms. The number of hydrogen-bond donors (Lipinski definition) is 1. The normalized spacial score (nSPS) is 24.9. The average molecular weight is 353 g/mol. The van der Waals surface area contributed by atoms with Crippen LogP contribution < -0.4 is 10.1 Å². The van der Waals surface area contributed by atoms with E-state index in [-0.39, 0.29) is 23.0 Å². The minimum atomic E-state index is -3.51. The van der Waals surface area contributed by atoms with Gasteiger partial charge in [0.2, 0.25) is 10.0 Å². The Balaban J connectivity index is 1.54. The second-order valence-corrected chi connectivity index (χ2v) is 8.45. The van der Waals surface area contributed by atoms with Crippen LogP contribution in [-0.4, -0.2) is 62.5 Å². The van der Waals surface area contributed by atoms with Crippen molar-refractivity contribution in [1.82, 2.24) is 14.5 Å². The molecule has 2 aliphatic heterocycles. The number of amides is 2. The van der Waals surface area contributed by atoms with E-state index in [2.05, 4.69) is 12.2 Å². The SMILES string of the molecule is COc1ccc(S(=O)(=O)N2CC(NC(=O)N3CC(C)C3C)C2)cc1. The summed E-state index contributed by atoms with van der Waals surface area (Å²) < 4.78 is 31.4. The molecule has 0 spiro atoms. The van der Waals surface area contributed by atoms with Crippen LogP contribution in [0, 0.1) is 5.92 Å². The first-order chi connectivity index (χ1) is 11.3. The van der Waals surface area contributed by atoms with Crippen molar-refractivity contribution in [2.45, 2.75) is 30.8 Å². The van der Waals surface area contributed by atoms with Crippen molar-refractivity contribution in [2.24, 2.45) is 5.92 Å². The number of carbonyl (C=O) groups excluding carboxylic acids is 1. The topological polar surface area (TPSA) is 79.0 Å². The van der Waals surface area contributed by atoms with E-state index in [1.165, 1.54) is 23.5 Å². The van der Waals surface area contributed by atoms with Gasteiger partial charge in [-0.1, -0.05) is 6.92 Å². The van der Waals surface area contributed by atoms with Gasteiger partial charge in [0.15, 0.2) is 0 Å². The molecule has 132 valence electrons. The molecule has 3 rings (SSSR count). The van der Waals surface area contributed by atoms with Gasteiger partial charge in [-0.05, 0) is 37.1 Å². The third kappa shape index (κ3) is 2.95. The van der Waals surface area contributed by atoms with Crippen molar-refractivity contribution in [3.63, 3.8) is 0 Å². The number of likely N-dealkylation sites (tertiary alicyclic amines) is 1. The quantitative estimate of drug-likeness (QED) is 0.880. The van der Waals surface area contributed by atoms with Gasteiger partial charge in [-0.3, -0.25) is 0 Å². The van der Waals surface area contributed by atoms with E-state index in [4.69, 9.17) is 4.74 Å². The summed E-state index contributed by atoms with van der Waals surface area (Å²) in [6.45, 7) is 5.50. The van der Waals surface area contributed by atoms with Crippen LogP contribution in [0.1, 0.15) is 13.8 Å². The Morgan fingerprint density at radius 3 is 2.29 bits per heavy atom. The lowest BCUT2D eigenvalue weighted by Gasteiger charge is -2.46. The maximum Gasteiger partial charge on any atom is 0.317 e. The molecule has 2 heterocycles. The predicted molar refractivity (Wildman–Crippen MR) is 89.4 cm³/mol. The van der Waals surface area contributed by atoms with Crippen LogP contribution in [-0.2, 0) is 10.0 Å². The van der Waals surface area contributed by atoms with Crippen molar-refractivity contribution >= 4 is 16.1 Å². The minimum Gasteiger partial charge on any atom is -0.497 e. The number of nitrogens with one attached hydrogen (secondary N) is 1. The fourth-order valence-electron chi connectivity index (χ4n) is 2.95. The van der Waals surface area contributed by atoms with Crippen LogP contribution in [0.2, 0.25) is 0 Å². The Hall–Kier alpha value is -1.80. The van der Waals surface area contributed by atoms with E-state index >= 15 is 0 Å². The summed E-state index contributed by atoms with van der Waals surface area (Å²) in [4.78, 5) is 14.1. The largest absolute Gasteiger partial charge is 0.497 e. The van der Waals surface area contributed by atoms with Crippen molar-refractivity contribution in [1.29, 1.82) is 0 Å². The molecule has 0 aliphatic carbocycles. The number of ether oxygens (including phenoxy) is 1. The fourth-order valence-corrected chi connectivity index (χ4v) is 4.48. The van der Waals surface area contributed by atoms with E-state index in [0.717, 1.165) is 6.54 Å². The van der Waals surface area contributed by atoms with Gasteiger partial charge in [0.1, 0.15) is 5.75 Å². The highest BCUT2D eigenvalue weighted by Gasteiger charge is 2.40. The standard InChI is InChI=1S/C16H23N3O4S/c1-11-8-19(12(11)2)16(20)17-13-9-18(10-13)24(21,22)15-6-4-14(23-3)5-7-15/h4-7,11-13H,8-10H2,1-3H3,(H,17,20). The van der Waals surface area contributed by atoms with Crippen LogP contribution >= 0.6 is 0 Å². The third-order valence-corrected chi connectivity index (χ3v) is 6.78. The first-order valence-electron chi connectivity index (χ1n) is 8.04. The highest BCUT2D eigenvalue weighted by molar-refractivity contribution is 7.89. The second kappa shape index (κ2) is 6.25. The van der Waals surface area contributed by atoms with E-state index in [0.29, 0.717) is 24.8 Å². The van der Waals surface area contributed by atoms with Gasteiger partial charge in [0.05, 0.1) is 18.0 Å². The Morgan fingerprint density at radius 1 is 1.17 bits per heavy atom. The first kappa shape index (κ1) is 17.0. The van der Waals surface area contributed by atoms with Gasteiger partial charge in [-0.25, -0.2) is 13.2 Å². The summed E-state index contributed by atoms with van der Waals surface area (Å²) in [5.74, 6) is 1.13. The summed E-state index contributed by atoms with van der Waals surface area (Å²) in [6, 6.07) is 6.31. The molecule has 1 aromatic rings. The first-order valence-corrected chi connectivity index (χ1v) is 9.48. The molecule has 2 unspecified atom stereocenters. The zero-order valence-electron chi connectivity index (χ0n) is 14.1. The monoisotopic (exact) mass is 353 g/mol. The molecule has 2 fully saturated rings. The highest BCUT2D eigenvalue weighted by atomic mass is 32.2. The lowest BCUT2D eigenvalue weighted by molar-refractivity contribution is 0.0658. The number of carbonyl (C=O) groups is 1. The molecule has 8 heteroatoms. The zero-order chi connectivity index (χ0) is 17.5. The zero-order valence-corrected chi connectivity index (χ0v) is 14.9. The summed E-state index contributed by atoms with van der Waals surface area (Å²) in [7, 11) is -1.98. The number of rotatable bonds is 4. The Kier molecular flexibility index (Phi) is 4.44. The maximum absolute atomic E-state index is 12.5. The second-order valence-electron chi connectivity index (χ2n) is 6.51. The van der Waals surface area contributed by atoms with Gasteiger partial charge in [-0.15, -0.1) is 0 Å². The van der Waals surface area contributed by atoms with Crippen LogP contribution in [0.5, 0.6) is 5.75 Å². The van der Waals surface area contributed by atoms with Gasteiger partial charge >= 0.3 is 6.03 Å². The molecule has 2 amide bonds. The van der Waals surface area contributed by atoms with Crippen molar-refractivity contribution in [3.8, 4) is 5.75 Å². The number of hydrogen-bond acceptors (Lipinski definition) is 4. The lowest BCUT2D eigenvalue weighted by Crippen LogP contribution is -2.66. The van der Waals surface area contributed by atoms with Gasteiger partial charge in [0, 0.05) is 25.7 Å². The molecule has 2 atom stereocenters. The van der Waals surface area contributed by atoms with Crippen LogP contribution in [0.25, 0.3) is 0 Å². The van der Waals surface area contributed by atoms with E-state index in [1.807, 2.05) is 6.92 Å². The molecule has 0 radical (unpaired) electrons. The molecule has 7 nitrogen and oxygen atoms in total. The summed E-state index contributed by atoms with van der Waals surface area (Å²) in [5.41, 5.74) is 0. The molecule has 1 aromatic carbocycles. The summed E-state index contributed by atoms with van der Waals surface area (Å²) in [6.07, 6.45) is 0. The fraction of sp³-hybridized carbons (Fsp3) is 0.562. The Morgan fingerprint density at radius 2 is 1.79 bits per heavy atom. The highest BCUT2D eigenvalue weighted by Crippen LogP contribution is 2.26. The summed E-state index contributed by atoms with van der Waals surface area (Å²) >= 11 is 0. The smallest absolute Gasteiger partial charge is 0.317 e. The summed E-state index contributed by atoms with van der Waals surface area (Å²) in [5, 5.41) is 2.90. The average Bonchev–Trinajstić information content (AvgIpc) is 2.54. The molecular formula is C16H23N3O4S. The molecule has 0 aromatic heterocycles. The number of nitrogens with zero attached hydrogens (tertiary/aromatic N) is 2. The van der Waals surface area contributed by atoms with Crippen molar-refractivity contribution in [2.75, 3.05) is 26.7 Å². The number of urea groups is 1. The van der Waals surface area contributed by atoms with Gasteiger partial charge in [0.25, 0.3) is 0 Å². The van der Waals surface area contributed by atoms with E-state index in [9.17, 15) is 13.2 Å². The van der Waals surface area contributed by atoms with Crippen LogP contribution in [0.3, 0.4) is 0 Å². The maximum atomic E-state index is 12.5. The van der Waals surface area contributed by atoms with Crippen molar-refractivity contribution < 1.29 is 17.9 Å². The Labute approximate surface area is 142 Å². The lowest BCUT2D eigenvalue weighted by atomic mass is 9.92. The molecule has 0 saturated carbocycles. The molecule has 0 bridgehead atoms. The molecule has 2 saturated heterocycles. The van der Waals surface area contributed by atoms with Gasteiger partial charge in [-0.2, -0.15) is 4.31 Å². The number of methoxy groups -OCH3 is 1. The van der Waals surface area contributed by atoms with Crippen LogP contribution in [0.15, 0.2) is 29.2 Å². The van der Waals surface area contributed by atoms with E-state index < -0.39 is 10.0 Å². The Bertz CT molecular complexity index is 713. The third-order valence-electron chi connectivity index (χ3n) is 4.93. The molecular weight excluding hydrogens is 330 g/mol. The number of sulfonamides is 1. The molecule has 2 aliphatic rings.